The highest BCUT2D eigenvalue weighted by Crippen LogP contribution is 2.32. The summed E-state index contributed by atoms with van der Waals surface area (Å²) in [6.07, 6.45) is 0.294. The molecule has 1 unspecified atom stereocenters. The number of rotatable bonds is 7. The minimum Gasteiger partial charge on any atom is -0.465 e. The average Bonchev–Trinajstić information content (AvgIpc) is 3.45. The van der Waals surface area contributed by atoms with Crippen molar-refractivity contribution in [3.63, 3.8) is 0 Å². The Bertz CT molecular complexity index is 1160. The van der Waals surface area contributed by atoms with Gasteiger partial charge in [-0.05, 0) is 43.3 Å². The quantitative estimate of drug-likeness (QED) is 0.416. The SMILES string of the molecule is COC(=O)c1ccc(NC(=O)CSc2nnc(C3CC(=O)N(c4ccc(C)cc4)C3)o2)cc1. The number of carbonyl (C=O) groups is 3. The van der Waals surface area contributed by atoms with E-state index < -0.39 is 5.97 Å². The number of nitrogens with one attached hydrogen (secondary N) is 1. The molecule has 170 valence electrons. The summed E-state index contributed by atoms with van der Waals surface area (Å²) in [5.41, 5.74) is 2.93. The maximum Gasteiger partial charge on any atom is 0.337 e. The molecule has 0 radical (unpaired) electrons. The zero-order chi connectivity index (χ0) is 23.4. The third-order valence-corrected chi connectivity index (χ3v) is 5.98. The molecule has 1 N–H and O–H groups in total. The molecule has 3 aromatic rings. The fourth-order valence-corrected chi connectivity index (χ4v) is 3.99. The van der Waals surface area contributed by atoms with E-state index in [-0.39, 0.29) is 28.7 Å². The Hall–Kier alpha value is -3.66. The number of nitrogens with zero attached hydrogens (tertiary/aromatic N) is 3. The minimum absolute atomic E-state index is 0.00820. The first-order chi connectivity index (χ1) is 15.9. The maximum absolute atomic E-state index is 12.5. The van der Waals surface area contributed by atoms with E-state index in [1.165, 1.54) is 7.11 Å². The Labute approximate surface area is 194 Å². The van der Waals surface area contributed by atoms with Crippen molar-refractivity contribution < 1.29 is 23.5 Å². The Kier molecular flexibility index (Phi) is 6.74. The third-order valence-electron chi connectivity index (χ3n) is 5.16. The van der Waals surface area contributed by atoms with Crippen molar-refractivity contribution in [3.8, 4) is 0 Å². The third kappa shape index (κ3) is 5.40. The van der Waals surface area contributed by atoms with Gasteiger partial charge in [-0.15, -0.1) is 10.2 Å². The second-order valence-electron chi connectivity index (χ2n) is 7.55. The van der Waals surface area contributed by atoms with Crippen LogP contribution in [0.25, 0.3) is 0 Å². The molecule has 2 amide bonds. The number of esters is 1. The van der Waals surface area contributed by atoms with Crippen molar-refractivity contribution >= 4 is 40.9 Å². The number of aromatic nitrogens is 2. The van der Waals surface area contributed by atoms with Crippen molar-refractivity contribution in [1.29, 1.82) is 0 Å². The zero-order valence-electron chi connectivity index (χ0n) is 18.1. The molecule has 2 heterocycles. The molecular formula is C23H22N4O5S. The Morgan fingerprint density at radius 3 is 2.58 bits per heavy atom. The molecule has 2 aromatic carbocycles. The number of methoxy groups -OCH3 is 1. The summed E-state index contributed by atoms with van der Waals surface area (Å²) in [6, 6.07) is 14.2. The lowest BCUT2D eigenvalue weighted by Crippen LogP contribution is -2.24. The van der Waals surface area contributed by atoms with Crippen LogP contribution in [0.3, 0.4) is 0 Å². The standard InChI is InChI=1S/C23H22N4O5S/c1-14-3-9-18(10-4-14)27-12-16(11-20(27)29)21-25-26-23(32-21)33-13-19(28)24-17-7-5-15(6-8-17)22(30)31-2/h3-10,16H,11-13H2,1-2H3,(H,24,28). The van der Waals surface area contributed by atoms with Gasteiger partial charge in [0, 0.05) is 24.3 Å². The second-order valence-corrected chi connectivity index (χ2v) is 8.48. The molecule has 1 fully saturated rings. The van der Waals surface area contributed by atoms with Crippen LogP contribution in [-0.4, -0.2) is 47.4 Å². The van der Waals surface area contributed by atoms with Gasteiger partial charge in [0.05, 0.1) is 24.3 Å². The molecule has 33 heavy (non-hydrogen) atoms. The Balaban J connectivity index is 1.30. The predicted molar refractivity (Wildman–Crippen MR) is 122 cm³/mol. The fourth-order valence-electron chi connectivity index (χ4n) is 3.42. The number of anilines is 2. The van der Waals surface area contributed by atoms with Gasteiger partial charge in [-0.25, -0.2) is 4.79 Å². The van der Waals surface area contributed by atoms with E-state index in [0.717, 1.165) is 23.0 Å². The topological polar surface area (TPSA) is 115 Å². The van der Waals surface area contributed by atoms with Crippen molar-refractivity contribution in [2.24, 2.45) is 0 Å². The van der Waals surface area contributed by atoms with Gasteiger partial charge < -0.3 is 19.4 Å². The molecule has 1 atom stereocenters. The Morgan fingerprint density at radius 2 is 1.88 bits per heavy atom. The van der Waals surface area contributed by atoms with Gasteiger partial charge in [-0.3, -0.25) is 9.59 Å². The molecule has 0 bridgehead atoms. The van der Waals surface area contributed by atoms with Crippen LogP contribution in [0.2, 0.25) is 0 Å². The minimum atomic E-state index is -0.443. The largest absolute Gasteiger partial charge is 0.465 e. The van der Waals surface area contributed by atoms with Crippen LogP contribution in [0.1, 0.15) is 34.2 Å². The van der Waals surface area contributed by atoms with Crippen LogP contribution >= 0.6 is 11.8 Å². The molecular weight excluding hydrogens is 444 g/mol. The van der Waals surface area contributed by atoms with Gasteiger partial charge in [0.2, 0.25) is 17.7 Å². The summed E-state index contributed by atoms with van der Waals surface area (Å²) in [7, 11) is 1.31. The van der Waals surface area contributed by atoms with E-state index in [0.29, 0.717) is 30.1 Å². The summed E-state index contributed by atoms with van der Waals surface area (Å²) in [6.45, 7) is 2.47. The lowest BCUT2D eigenvalue weighted by Gasteiger charge is -2.16. The molecule has 0 saturated carbocycles. The van der Waals surface area contributed by atoms with Gasteiger partial charge in [0.25, 0.3) is 5.22 Å². The van der Waals surface area contributed by atoms with Crippen LogP contribution in [-0.2, 0) is 14.3 Å². The molecule has 9 nitrogen and oxygen atoms in total. The maximum atomic E-state index is 12.5. The lowest BCUT2D eigenvalue weighted by molar-refractivity contribution is -0.117. The average molecular weight is 467 g/mol. The van der Waals surface area contributed by atoms with Gasteiger partial charge in [0.15, 0.2) is 0 Å². The van der Waals surface area contributed by atoms with Crippen molar-refractivity contribution in [3.05, 3.63) is 65.5 Å². The fraction of sp³-hybridized carbons (Fsp3) is 0.261. The molecule has 0 aliphatic carbocycles. The molecule has 4 rings (SSSR count). The van der Waals surface area contributed by atoms with Crippen molar-refractivity contribution in [2.45, 2.75) is 24.5 Å². The first-order valence-corrected chi connectivity index (χ1v) is 11.2. The van der Waals surface area contributed by atoms with Crippen LogP contribution < -0.4 is 10.2 Å². The smallest absolute Gasteiger partial charge is 0.337 e. The molecule has 0 spiro atoms. The van der Waals surface area contributed by atoms with E-state index in [9.17, 15) is 14.4 Å². The van der Waals surface area contributed by atoms with Gasteiger partial charge in [-0.2, -0.15) is 0 Å². The summed E-state index contributed by atoms with van der Waals surface area (Å²) >= 11 is 1.11. The normalized spacial score (nSPS) is 15.5. The molecule has 1 aromatic heterocycles. The summed E-state index contributed by atoms with van der Waals surface area (Å²) < 4.78 is 10.4. The van der Waals surface area contributed by atoms with E-state index in [2.05, 4.69) is 20.3 Å². The molecule has 10 heteroatoms. The van der Waals surface area contributed by atoms with Crippen molar-refractivity contribution in [2.75, 3.05) is 29.6 Å². The van der Waals surface area contributed by atoms with E-state index in [1.807, 2.05) is 31.2 Å². The number of hydrogen-bond acceptors (Lipinski definition) is 8. The molecule has 1 aliphatic rings. The number of hydrogen-bond donors (Lipinski definition) is 1. The van der Waals surface area contributed by atoms with Gasteiger partial charge in [-0.1, -0.05) is 29.5 Å². The number of aryl methyl sites for hydroxylation is 1. The highest BCUT2D eigenvalue weighted by molar-refractivity contribution is 7.99. The molecule has 1 aliphatic heterocycles. The van der Waals surface area contributed by atoms with Crippen molar-refractivity contribution in [1.82, 2.24) is 10.2 Å². The number of carbonyl (C=O) groups excluding carboxylic acids is 3. The number of ether oxygens (including phenoxy) is 1. The number of amides is 2. The summed E-state index contributed by atoms with van der Waals surface area (Å²) in [4.78, 5) is 37.9. The monoisotopic (exact) mass is 466 g/mol. The van der Waals surface area contributed by atoms with Gasteiger partial charge in [0.1, 0.15) is 0 Å². The van der Waals surface area contributed by atoms with E-state index in [4.69, 9.17) is 4.42 Å². The Morgan fingerprint density at radius 1 is 1.15 bits per heavy atom. The van der Waals surface area contributed by atoms with E-state index >= 15 is 0 Å². The first kappa shape index (κ1) is 22.5. The highest BCUT2D eigenvalue weighted by Gasteiger charge is 2.35. The molecule has 1 saturated heterocycles. The van der Waals surface area contributed by atoms with Gasteiger partial charge >= 0.3 is 5.97 Å². The number of thioether (sulfide) groups is 1. The summed E-state index contributed by atoms with van der Waals surface area (Å²) in [5, 5.41) is 11.1. The predicted octanol–water partition coefficient (Wildman–Crippen LogP) is 3.42. The van der Waals surface area contributed by atoms with Crippen LogP contribution in [0.5, 0.6) is 0 Å². The van der Waals surface area contributed by atoms with Crippen LogP contribution in [0.15, 0.2) is 58.2 Å². The zero-order valence-corrected chi connectivity index (χ0v) is 18.9. The summed E-state index contributed by atoms with van der Waals surface area (Å²) in [5.74, 6) is -0.427. The number of benzene rings is 2. The second kappa shape index (κ2) is 9.86. The van der Waals surface area contributed by atoms with Crippen LogP contribution in [0, 0.1) is 6.92 Å². The lowest BCUT2D eigenvalue weighted by atomic mass is 10.1. The highest BCUT2D eigenvalue weighted by atomic mass is 32.2. The van der Waals surface area contributed by atoms with Crippen LogP contribution in [0.4, 0.5) is 11.4 Å². The van der Waals surface area contributed by atoms with E-state index in [1.54, 1.807) is 29.2 Å². The first-order valence-electron chi connectivity index (χ1n) is 10.2.